The van der Waals surface area contributed by atoms with Gasteiger partial charge >= 0.3 is 11.9 Å². The average Bonchev–Trinajstić information content (AvgIpc) is 3.41. The first kappa shape index (κ1) is 36.9. The van der Waals surface area contributed by atoms with E-state index in [1.54, 1.807) is 0 Å². The number of nitrogens with one attached hydrogen (secondary N) is 1. The monoisotopic (exact) mass is 540 g/mol. The van der Waals surface area contributed by atoms with Crippen LogP contribution < -0.4 is 11.1 Å². The molecule has 0 aromatic carbocycles. The lowest BCUT2D eigenvalue weighted by Crippen LogP contribution is -2.27. The van der Waals surface area contributed by atoms with E-state index < -0.39 is 10.1 Å². The van der Waals surface area contributed by atoms with Gasteiger partial charge in [0, 0.05) is 26.3 Å². The summed E-state index contributed by atoms with van der Waals surface area (Å²) in [6.45, 7) is 17.7. The van der Waals surface area contributed by atoms with Gasteiger partial charge in [-0.15, -0.1) is 0 Å². The van der Waals surface area contributed by atoms with Crippen LogP contribution in [0.15, 0.2) is 0 Å². The quantitative estimate of drug-likeness (QED) is 0.267. The first-order valence-corrected chi connectivity index (χ1v) is 14.5. The van der Waals surface area contributed by atoms with E-state index in [1.807, 2.05) is 41.5 Å². The largest absolute Gasteiger partial charge is 0.460 e. The second-order valence-electron chi connectivity index (χ2n) is 10.3. The molecule has 2 heterocycles. The van der Waals surface area contributed by atoms with Gasteiger partial charge in [-0.05, 0) is 73.8 Å². The summed E-state index contributed by atoms with van der Waals surface area (Å²) in [4.78, 5) is 22.0. The van der Waals surface area contributed by atoms with E-state index in [0.29, 0.717) is 32.4 Å². The van der Waals surface area contributed by atoms with Gasteiger partial charge in [-0.25, -0.2) is 0 Å². The maximum atomic E-state index is 11.2. The molecule has 3 N–H and O–H groups in total. The van der Waals surface area contributed by atoms with Crippen LogP contribution in [0.25, 0.3) is 0 Å². The molecule has 0 saturated carbocycles. The molecule has 11 heteroatoms. The second kappa shape index (κ2) is 20.7. The highest BCUT2D eigenvalue weighted by atomic mass is 32.2. The number of esters is 2. The Morgan fingerprint density at radius 1 is 0.861 bits per heavy atom. The molecule has 2 fully saturated rings. The van der Waals surface area contributed by atoms with Gasteiger partial charge in [0.05, 0.1) is 25.2 Å². The smallest absolute Gasteiger partial charge is 0.307 e. The molecule has 2 rings (SSSR count). The maximum Gasteiger partial charge on any atom is 0.307 e. The Morgan fingerprint density at radius 3 is 1.69 bits per heavy atom. The van der Waals surface area contributed by atoms with E-state index in [-0.39, 0.29) is 28.9 Å². The molecule has 0 aromatic heterocycles. The molecular weight excluding hydrogens is 488 g/mol. The van der Waals surface area contributed by atoms with Crippen LogP contribution in [0.3, 0.4) is 0 Å². The highest BCUT2D eigenvalue weighted by molar-refractivity contribution is 7.86. The predicted molar refractivity (Wildman–Crippen MR) is 142 cm³/mol. The summed E-state index contributed by atoms with van der Waals surface area (Å²) in [5.41, 5.74) is 4.40. The lowest BCUT2D eigenvalue weighted by Gasteiger charge is -2.19. The zero-order chi connectivity index (χ0) is 28.1. The van der Waals surface area contributed by atoms with Crippen LogP contribution in [0.1, 0.15) is 93.4 Å². The van der Waals surface area contributed by atoms with E-state index in [2.05, 4.69) is 16.4 Å². The Balaban J connectivity index is 0. The van der Waals surface area contributed by atoms with Crippen LogP contribution in [0.5, 0.6) is 0 Å². The number of carbonyl (C=O) groups excluding carboxylic acids is 2. The van der Waals surface area contributed by atoms with Crippen molar-refractivity contribution in [3.05, 3.63) is 0 Å². The Bertz CT molecular complexity index is 647. The van der Waals surface area contributed by atoms with Crippen molar-refractivity contribution < 1.29 is 36.4 Å². The molecule has 0 amide bonds. The van der Waals surface area contributed by atoms with Crippen molar-refractivity contribution in [2.45, 2.75) is 105 Å². The number of hydrogen-bond donors (Lipinski definition) is 2. The fourth-order valence-electron chi connectivity index (χ4n) is 2.51. The molecule has 0 unspecified atom stereocenters. The third kappa shape index (κ3) is 30.8. The van der Waals surface area contributed by atoms with E-state index in [4.69, 9.17) is 19.9 Å². The zero-order valence-corrected chi connectivity index (χ0v) is 24.5. The van der Waals surface area contributed by atoms with Gasteiger partial charge in [0.15, 0.2) is 0 Å². The summed E-state index contributed by atoms with van der Waals surface area (Å²) in [6, 6.07) is 0. The minimum atomic E-state index is -3.05. The number of unbranched alkanes of at least 4 members (excludes halogenated alkanes) is 1. The fourth-order valence-corrected chi connectivity index (χ4v) is 3.47. The Labute approximate surface area is 219 Å². The standard InChI is InChI=1S/C11H23NO2.C7H15NO2.C4H8O.C3H6O3S/c1-5-6-8-12-9-7-10(13)14-11(2,3)4;1-7(2,3)10-6(9)4-5-8;1-2-4-5-3-1;4-7(5)3-1-2-6-7/h12H,5-9H2,1-4H3;4-5,8H2,1-3H3;1-4H2;1-3H2. The van der Waals surface area contributed by atoms with Gasteiger partial charge < -0.3 is 25.3 Å². The molecule has 0 spiro atoms. The number of nitrogens with two attached hydrogens (primary N) is 1. The second-order valence-corrected chi connectivity index (χ2v) is 12.1. The molecule has 10 nitrogen and oxygen atoms in total. The molecule has 2 aliphatic rings. The highest BCUT2D eigenvalue weighted by Gasteiger charge is 2.17. The van der Waals surface area contributed by atoms with Gasteiger partial charge in [0.25, 0.3) is 10.1 Å². The maximum absolute atomic E-state index is 11.2. The molecule has 2 saturated heterocycles. The molecule has 216 valence electrons. The van der Waals surface area contributed by atoms with E-state index >= 15 is 0 Å². The van der Waals surface area contributed by atoms with Crippen molar-refractivity contribution in [1.82, 2.24) is 5.32 Å². The van der Waals surface area contributed by atoms with E-state index in [1.165, 1.54) is 19.3 Å². The lowest BCUT2D eigenvalue weighted by molar-refractivity contribution is -0.155. The van der Waals surface area contributed by atoms with Crippen molar-refractivity contribution in [2.24, 2.45) is 5.73 Å². The van der Waals surface area contributed by atoms with Crippen LogP contribution in [0, 0.1) is 0 Å². The molecule has 0 bridgehead atoms. The minimum absolute atomic E-state index is 0.124. The molecule has 36 heavy (non-hydrogen) atoms. The number of ether oxygens (including phenoxy) is 3. The van der Waals surface area contributed by atoms with Gasteiger partial charge in [0.2, 0.25) is 0 Å². The molecule has 0 aromatic rings. The molecule has 2 aliphatic heterocycles. The molecule has 0 radical (unpaired) electrons. The summed E-state index contributed by atoms with van der Waals surface area (Å²) >= 11 is 0. The Morgan fingerprint density at radius 2 is 1.39 bits per heavy atom. The number of carbonyl (C=O) groups is 2. The predicted octanol–water partition coefficient (Wildman–Crippen LogP) is 3.32. The van der Waals surface area contributed by atoms with Crippen molar-refractivity contribution >= 4 is 22.1 Å². The van der Waals surface area contributed by atoms with Gasteiger partial charge in [0.1, 0.15) is 11.2 Å². The Hall–Kier alpha value is -1.27. The van der Waals surface area contributed by atoms with Crippen LogP contribution in [0.2, 0.25) is 0 Å². The van der Waals surface area contributed by atoms with Crippen molar-refractivity contribution in [3.63, 3.8) is 0 Å². The lowest BCUT2D eigenvalue weighted by atomic mass is 10.2. The summed E-state index contributed by atoms with van der Waals surface area (Å²) in [5, 5.41) is 3.20. The van der Waals surface area contributed by atoms with Gasteiger partial charge in [-0.3, -0.25) is 13.8 Å². The SMILES string of the molecule is C1CCOC1.CC(C)(C)OC(=O)CCN.CCCCNCCC(=O)OC(C)(C)C.O=S1(=O)CCCO1. The summed E-state index contributed by atoms with van der Waals surface area (Å²) < 4.78 is 39.8. The first-order chi connectivity index (χ1) is 16.6. The topological polar surface area (TPSA) is 143 Å². The van der Waals surface area contributed by atoms with Crippen LogP contribution in [-0.4, -0.2) is 76.8 Å². The summed E-state index contributed by atoms with van der Waals surface area (Å²) in [6.07, 6.45) is 6.31. The number of rotatable bonds is 8. The minimum Gasteiger partial charge on any atom is -0.460 e. The zero-order valence-electron chi connectivity index (χ0n) is 23.7. The summed E-state index contributed by atoms with van der Waals surface area (Å²) in [5.74, 6) is -0.149. The molecular formula is C25H52N2O8S. The third-order valence-corrected chi connectivity index (χ3v) is 5.34. The van der Waals surface area contributed by atoms with Crippen LogP contribution >= 0.6 is 0 Å². The average molecular weight is 541 g/mol. The van der Waals surface area contributed by atoms with Crippen LogP contribution in [0.4, 0.5) is 0 Å². The van der Waals surface area contributed by atoms with Gasteiger partial charge in [-0.2, -0.15) is 8.42 Å². The van der Waals surface area contributed by atoms with E-state index in [9.17, 15) is 18.0 Å². The summed E-state index contributed by atoms with van der Waals surface area (Å²) in [7, 11) is -3.05. The Kier molecular flexibility index (Phi) is 21.3. The molecule has 0 atom stereocenters. The van der Waals surface area contributed by atoms with Crippen LogP contribution in [-0.2, 0) is 38.1 Å². The highest BCUT2D eigenvalue weighted by Crippen LogP contribution is 2.08. The molecule has 0 aliphatic carbocycles. The van der Waals surface area contributed by atoms with Gasteiger partial charge in [-0.1, -0.05) is 13.3 Å². The third-order valence-electron chi connectivity index (χ3n) is 4.03. The normalized spacial score (nSPS) is 16.3. The first-order valence-electron chi connectivity index (χ1n) is 12.9. The number of hydrogen-bond acceptors (Lipinski definition) is 10. The van der Waals surface area contributed by atoms with E-state index in [0.717, 1.165) is 32.7 Å². The van der Waals surface area contributed by atoms with Crippen molar-refractivity contribution in [1.29, 1.82) is 0 Å². The fraction of sp³-hybridized carbons (Fsp3) is 0.920. The van der Waals surface area contributed by atoms with Crippen molar-refractivity contribution in [2.75, 3.05) is 45.2 Å². The van der Waals surface area contributed by atoms with Crippen molar-refractivity contribution in [3.8, 4) is 0 Å².